The summed E-state index contributed by atoms with van der Waals surface area (Å²) in [5.74, 6) is -0.286. The average Bonchev–Trinajstić information content (AvgIpc) is 3.30. The summed E-state index contributed by atoms with van der Waals surface area (Å²) in [6.45, 7) is 10.3. The van der Waals surface area contributed by atoms with E-state index < -0.39 is 17.4 Å². The first-order chi connectivity index (χ1) is 17.6. The number of rotatable bonds is 14. The predicted molar refractivity (Wildman–Crippen MR) is 151 cm³/mol. The summed E-state index contributed by atoms with van der Waals surface area (Å²) in [6, 6.07) is 5.95. The van der Waals surface area contributed by atoms with E-state index in [1.807, 2.05) is 18.3 Å². The van der Waals surface area contributed by atoms with E-state index in [0.717, 1.165) is 5.92 Å². The number of carbonyl (C=O) groups is 2. The fraction of sp³-hybridized carbons (Fsp3) is 0.567. The van der Waals surface area contributed by atoms with Crippen molar-refractivity contribution < 1.29 is 23.8 Å². The molecule has 0 fully saturated rings. The quantitative estimate of drug-likeness (QED) is 0.116. The van der Waals surface area contributed by atoms with Gasteiger partial charge >= 0.3 is 11.6 Å². The first-order valence-electron chi connectivity index (χ1n) is 13.3. The van der Waals surface area contributed by atoms with Gasteiger partial charge in [-0.15, -0.1) is 11.3 Å². The number of hydrogen-bond donors (Lipinski definition) is 1. The predicted octanol–water partition coefficient (Wildman–Crippen LogP) is 7.62. The Balaban J connectivity index is 0.000000397. The van der Waals surface area contributed by atoms with Gasteiger partial charge in [-0.3, -0.25) is 4.79 Å². The molecular formula is C30H44O6S. The molecular weight excluding hydrogens is 488 g/mol. The molecule has 0 aromatic carbocycles. The first-order valence-corrected chi connectivity index (χ1v) is 14.2. The highest BCUT2D eigenvalue weighted by Gasteiger charge is 2.19. The van der Waals surface area contributed by atoms with Crippen LogP contribution in [0, 0.1) is 5.92 Å². The van der Waals surface area contributed by atoms with Crippen LogP contribution in [0.25, 0.3) is 0 Å². The van der Waals surface area contributed by atoms with E-state index >= 15 is 0 Å². The first kappa shape index (κ1) is 32.4. The number of Topliss-reactive ketones (excluding diaryl/α,β-unsaturated/α-hetero) is 1. The molecule has 1 N–H and O–H groups in total. The van der Waals surface area contributed by atoms with Crippen molar-refractivity contribution in [2.45, 2.75) is 98.3 Å². The Morgan fingerprint density at radius 3 is 2.41 bits per heavy atom. The van der Waals surface area contributed by atoms with Crippen molar-refractivity contribution >= 4 is 23.1 Å². The lowest BCUT2D eigenvalue weighted by molar-refractivity contribution is -0.134. The maximum Gasteiger partial charge on any atom is 0.350 e. The second-order valence-corrected chi connectivity index (χ2v) is 10.9. The normalized spacial score (nSPS) is 11.9. The van der Waals surface area contributed by atoms with Gasteiger partial charge in [0.1, 0.15) is 17.1 Å². The minimum atomic E-state index is -0.821. The van der Waals surface area contributed by atoms with E-state index in [1.165, 1.54) is 57.8 Å². The van der Waals surface area contributed by atoms with Crippen LogP contribution < -0.4 is 5.63 Å². The molecule has 37 heavy (non-hydrogen) atoms. The molecule has 2 heterocycles. The Hall–Kier alpha value is -2.67. The molecule has 0 radical (unpaired) electrons. The van der Waals surface area contributed by atoms with Gasteiger partial charge in [-0.2, -0.15) is 0 Å². The molecule has 1 atom stereocenters. The molecule has 6 nitrogen and oxygen atoms in total. The number of thiophene rings is 1. The van der Waals surface area contributed by atoms with E-state index in [1.54, 1.807) is 22.8 Å². The van der Waals surface area contributed by atoms with Gasteiger partial charge < -0.3 is 14.3 Å². The van der Waals surface area contributed by atoms with Crippen molar-refractivity contribution in [2.24, 2.45) is 5.92 Å². The number of ether oxygens (including phenoxy) is 1. The Morgan fingerprint density at radius 2 is 1.81 bits per heavy atom. The van der Waals surface area contributed by atoms with Crippen LogP contribution in [0.2, 0.25) is 0 Å². The van der Waals surface area contributed by atoms with E-state index in [2.05, 4.69) is 37.6 Å². The van der Waals surface area contributed by atoms with Crippen molar-refractivity contribution in [3.05, 3.63) is 61.8 Å². The lowest BCUT2D eigenvalue weighted by Gasteiger charge is -2.10. The summed E-state index contributed by atoms with van der Waals surface area (Å²) < 4.78 is 9.59. The summed E-state index contributed by atoms with van der Waals surface area (Å²) in [7, 11) is 1.30. The molecule has 0 saturated carbocycles. The van der Waals surface area contributed by atoms with Gasteiger partial charge in [0.25, 0.3) is 0 Å². The summed E-state index contributed by atoms with van der Waals surface area (Å²) >= 11 is 2.02. The third-order valence-electron chi connectivity index (χ3n) is 5.86. The zero-order valence-corrected chi connectivity index (χ0v) is 24.1. The Kier molecular flexibility index (Phi) is 15.5. The largest absolute Gasteiger partial charge is 0.507 e. The molecule has 0 aliphatic rings. The number of hydrogen-bond acceptors (Lipinski definition) is 7. The van der Waals surface area contributed by atoms with Crippen LogP contribution in [0.1, 0.15) is 111 Å². The molecule has 7 heteroatoms. The van der Waals surface area contributed by atoms with Crippen LogP contribution in [-0.2, 0) is 22.4 Å². The van der Waals surface area contributed by atoms with Crippen LogP contribution in [0.5, 0.6) is 5.75 Å². The van der Waals surface area contributed by atoms with Gasteiger partial charge in [0.2, 0.25) is 0 Å². The van der Waals surface area contributed by atoms with Gasteiger partial charge in [-0.1, -0.05) is 60.0 Å². The standard InChI is InChI=1S/C16H20O6.C14H24S/c1-4-11(17)15-12(18)9-13(22-16(15)20)10(2)7-5-6-8-14(19)21-3;1-4-5-6-7-8-13-9-10-14(15-13)11-12(2)3/h6,8-10,18H,4-5,7H2,1-3H3;9-10,12H,4-8,11H2,1-3H3/b8-6-;. The lowest BCUT2D eigenvalue weighted by atomic mass is 10.0. The molecule has 2 aromatic heterocycles. The molecule has 0 amide bonds. The number of esters is 1. The number of unbranched alkanes of at least 4 members (excludes halogenated alkanes) is 3. The number of aryl methyl sites for hydroxylation is 1. The van der Waals surface area contributed by atoms with Gasteiger partial charge in [0.15, 0.2) is 5.78 Å². The van der Waals surface area contributed by atoms with E-state index in [4.69, 9.17) is 4.42 Å². The molecule has 0 aliphatic heterocycles. The topological polar surface area (TPSA) is 93.8 Å². The highest BCUT2D eigenvalue weighted by molar-refractivity contribution is 7.11. The maximum absolute atomic E-state index is 11.8. The molecule has 2 rings (SSSR count). The molecule has 1 unspecified atom stereocenters. The second kappa shape index (κ2) is 17.7. The Bertz CT molecular complexity index is 1050. The van der Waals surface area contributed by atoms with E-state index in [-0.39, 0.29) is 23.7 Å². The fourth-order valence-corrected chi connectivity index (χ4v) is 4.98. The minimum absolute atomic E-state index is 0.117. The fourth-order valence-electron chi connectivity index (χ4n) is 3.71. The van der Waals surface area contributed by atoms with Crippen molar-refractivity contribution in [1.29, 1.82) is 0 Å². The highest BCUT2D eigenvalue weighted by atomic mass is 32.1. The molecule has 206 valence electrons. The number of allylic oxidation sites excluding steroid dienone is 1. The molecule has 0 spiro atoms. The van der Waals surface area contributed by atoms with Crippen LogP contribution in [0.15, 0.2) is 39.6 Å². The molecule has 0 aliphatic carbocycles. The van der Waals surface area contributed by atoms with Crippen molar-refractivity contribution in [3.63, 3.8) is 0 Å². The number of aromatic hydroxyl groups is 1. The highest BCUT2D eigenvalue weighted by Crippen LogP contribution is 2.25. The van der Waals surface area contributed by atoms with Crippen LogP contribution >= 0.6 is 11.3 Å². The van der Waals surface area contributed by atoms with Crippen LogP contribution in [0.4, 0.5) is 0 Å². The second-order valence-electron chi connectivity index (χ2n) is 9.65. The number of ketones is 1. The van der Waals surface area contributed by atoms with Crippen molar-refractivity contribution in [1.82, 2.24) is 0 Å². The summed E-state index contributed by atoms with van der Waals surface area (Å²) in [4.78, 5) is 37.4. The zero-order valence-electron chi connectivity index (χ0n) is 23.3. The van der Waals surface area contributed by atoms with E-state index in [9.17, 15) is 19.5 Å². The SMILES string of the molecule is CCC(=O)c1c(O)cc(C(C)CC/C=C\C(=O)OC)oc1=O.CCCCCCc1ccc(CC(C)C)s1. The lowest BCUT2D eigenvalue weighted by Crippen LogP contribution is -2.15. The molecule has 0 saturated heterocycles. The van der Waals surface area contributed by atoms with Crippen molar-refractivity contribution in [2.75, 3.05) is 7.11 Å². The zero-order chi connectivity index (χ0) is 27.8. The minimum Gasteiger partial charge on any atom is -0.507 e. The summed E-state index contributed by atoms with van der Waals surface area (Å²) in [6.07, 6.45) is 12.3. The average molecular weight is 533 g/mol. The number of carbonyl (C=O) groups excluding carboxylic acids is 2. The molecule has 0 bridgehead atoms. The third kappa shape index (κ3) is 12.4. The van der Waals surface area contributed by atoms with Crippen LogP contribution in [0.3, 0.4) is 0 Å². The van der Waals surface area contributed by atoms with Gasteiger partial charge in [0.05, 0.1) is 7.11 Å². The Labute approximate surface area is 225 Å². The summed E-state index contributed by atoms with van der Waals surface area (Å²) in [5, 5.41) is 9.84. The van der Waals surface area contributed by atoms with Crippen LogP contribution in [-0.4, -0.2) is 24.0 Å². The van der Waals surface area contributed by atoms with Crippen molar-refractivity contribution in [3.8, 4) is 5.75 Å². The van der Waals surface area contributed by atoms with Gasteiger partial charge in [0, 0.05) is 34.2 Å². The maximum atomic E-state index is 11.8. The molecule has 2 aromatic rings. The summed E-state index contributed by atoms with van der Waals surface area (Å²) in [5.41, 5.74) is -1.12. The van der Waals surface area contributed by atoms with Gasteiger partial charge in [-0.05, 0) is 50.2 Å². The van der Waals surface area contributed by atoms with E-state index in [0.29, 0.717) is 18.6 Å². The third-order valence-corrected chi connectivity index (χ3v) is 7.03. The van der Waals surface area contributed by atoms with Gasteiger partial charge in [-0.25, -0.2) is 9.59 Å². The monoisotopic (exact) mass is 532 g/mol. The Morgan fingerprint density at radius 1 is 1.11 bits per heavy atom. The smallest absolute Gasteiger partial charge is 0.350 e. The number of methoxy groups -OCH3 is 1.